The van der Waals surface area contributed by atoms with Crippen molar-refractivity contribution in [3.63, 3.8) is 0 Å². The molecule has 0 spiro atoms. The minimum Gasteiger partial charge on any atom is -0.507 e. The summed E-state index contributed by atoms with van der Waals surface area (Å²) in [5.41, 5.74) is 0.292. The number of carbonyl (C=O) groups excluding carboxylic acids is 2. The Bertz CT molecular complexity index is 606. The van der Waals surface area contributed by atoms with Crippen molar-refractivity contribution < 1.29 is 14.7 Å². The Labute approximate surface area is 148 Å². The van der Waals surface area contributed by atoms with E-state index in [0.29, 0.717) is 24.7 Å². The van der Waals surface area contributed by atoms with Gasteiger partial charge in [-0.2, -0.15) is 0 Å². The number of likely N-dealkylation sites (tertiary alicyclic amines) is 1. The molecule has 3 rings (SSSR count). The number of phenols is 1. The quantitative estimate of drug-likeness (QED) is 0.788. The lowest BCUT2D eigenvalue weighted by molar-refractivity contribution is 0.0915. The molecule has 0 atom stereocenters. The van der Waals surface area contributed by atoms with Gasteiger partial charge in [0.25, 0.3) is 5.91 Å². The molecule has 1 saturated carbocycles. The molecular weight excluding hydrogens is 318 g/mol. The Kier molecular flexibility index (Phi) is 5.79. The lowest BCUT2D eigenvalue weighted by Gasteiger charge is -2.34. The predicted octanol–water partition coefficient (Wildman–Crippen LogP) is 2.63. The number of amides is 3. The Morgan fingerprint density at radius 3 is 2.24 bits per heavy atom. The van der Waals surface area contributed by atoms with Gasteiger partial charge in [0, 0.05) is 25.2 Å². The summed E-state index contributed by atoms with van der Waals surface area (Å²) in [4.78, 5) is 26.4. The zero-order valence-electron chi connectivity index (χ0n) is 14.5. The minimum absolute atomic E-state index is 0.00991. The first-order chi connectivity index (χ1) is 12.1. The third kappa shape index (κ3) is 4.65. The van der Waals surface area contributed by atoms with Crippen LogP contribution in [0, 0.1) is 0 Å². The number of nitrogens with one attached hydrogen (secondary N) is 2. The summed E-state index contributed by atoms with van der Waals surface area (Å²) in [7, 11) is 0. The van der Waals surface area contributed by atoms with Gasteiger partial charge >= 0.3 is 6.03 Å². The van der Waals surface area contributed by atoms with Crippen molar-refractivity contribution in [2.75, 3.05) is 13.1 Å². The van der Waals surface area contributed by atoms with Crippen LogP contribution in [0.2, 0.25) is 0 Å². The van der Waals surface area contributed by atoms with Gasteiger partial charge in [-0.25, -0.2) is 4.79 Å². The van der Waals surface area contributed by atoms with Crippen LogP contribution in [-0.2, 0) is 0 Å². The van der Waals surface area contributed by atoms with Crippen molar-refractivity contribution in [3.8, 4) is 5.75 Å². The molecule has 1 saturated heterocycles. The van der Waals surface area contributed by atoms with Gasteiger partial charge in [-0.1, -0.05) is 31.4 Å². The van der Waals surface area contributed by atoms with Crippen molar-refractivity contribution in [2.45, 2.75) is 57.0 Å². The van der Waals surface area contributed by atoms with Crippen LogP contribution in [0.25, 0.3) is 0 Å². The number of rotatable bonds is 3. The lowest BCUT2D eigenvalue weighted by Crippen LogP contribution is -2.51. The zero-order chi connectivity index (χ0) is 17.6. The van der Waals surface area contributed by atoms with E-state index in [-0.39, 0.29) is 23.7 Å². The second kappa shape index (κ2) is 8.23. The first-order valence-electron chi connectivity index (χ1n) is 9.28. The van der Waals surface area contributed by atoms with Crippen molar-refractivity contribution >= 4 is 11.9 Å². The average molecular weight is 345 g/mol. The fourth-order valence-corrected chi connectivity index (χ4v) is 3.67. The summed E-state index contributed by atoms with van der Waals surface area (Å²) >= 11 is 0. The molecule has 25 heavy (non-hydrogen) atoms. The number of benzene rings is 1. The lowest BCUT2D eigenvalue weighted by atomic mass is 9.95. The zero-order valence-corrected chi connectivity index (χ0v) is 14.5. The molecule has 1 aliphatic carbocycles. The van der Waals surface area contributed by atoms with E-state index >= 15 is 0 Å². The van der Waals surface area contributed by atoms with Crippen LogP contribution in [0.3, 0.4) is 0 Å². The predicted molar refractivity (Wildman–Crippen MR) is 95.6 cm³/mol. The van der Waals surface area contributed by atoms with E-state index in [9.17, 15) is 14.7 Å². The molecular formula is C19H27N3O3. The average Bonchev–Trinajstić information content (AvgIpc) is 2.63. The summed E-state index contributed by atoms with van der Waals surface area (Å²) in [5.74, 6) is -0.271. The number of aromatic hydroxyl groups is 1. The molecule has 1 heterocycles. The maximum atomic E-state index is 12.4. The van der Waals surface area contributed by atoms with Crippen molar-refractivity contribution in [3.05, 3.63) is 29.8 Å². The number of para-hydroxylation sites is 1. The van der Waals surface area contributed by atoms with Gasteiger partial charge in [-0.3, -0.25) is 4.79 Å². The molecule has 2 fully saturated rings. The van der Waals surface area contributed by atoms with Gasteiger partial charge in [-0.15, -0.1) is 0 Å². The number of phenolic OH excluding ortho intramolecular Hbond substituents is 1. The van der Waals surface area contributed by atoms with E-state index in [0.717, 1.165) is 25.7 Å². The Balaban J connectivity index is 1.44. The van der Waals surface area contributed by atoms with E-state index in [2.05, 4.69) is 10.6 Å². The molecule has 1 aromatic rings. The molecule has 0 bridgehead atoms. The fourth-order valence-electron chi connectivity index (χ4n) is 3.67. The molecule has 136 valence electrons. The normalized spacial score (nSPS) is 19.4. The van der Waals surface area contributed by atoms with Crippen LogP contribution in [0.4, 0.5) is 4.79 Å². The first kappa shape index (κ1) is 17.6. The highest BCUT2D eigenvalue weighted by Gasteiger charge is 2.26. The van der Waals surface area contributed by atoms with Crippen LogP contribution in [0.15, 0.2) is 24.3 Å². The van der Waals surface area contributed by atoms with Crippen molar-refractivity contribution in [1.29, 1.82) is 0 Å². The summed E-state index contributed by atoms with van der Waals surface area (Å²) < 4.78 is 0. The third-order valence-electron chi connectivity index (χ3n) is 5.20. The standard InChI is InChI=1S/C19H27N3O3/c23-17-9-5-4-8-16(17)18(24)20-15-10-12-22(13-11-15)19(25)21-14-6-2-1-3-7-14/h4-5,8-9,14-15,23H,1-3,6-7,10-13H2,(H,20,24)(H,21,25). The van der Waals surface area contributed by atoms with Gasteiger partial charge in [0.05, 0.1) is 5.56 Å². The minimum atomic E-state index is -0.261. The second-order valence-corrected chi connectivity index (χ2v) is 7.04. The van der Waals surface area contributed by atoms with Crippen LogP contribution in [-0.4, -0.2) is 47.1 Å². The Morgan fingerprint density at radius 1 is 0.920 bits per heavy atom. The van der Waals surface area contributed by atoms with Crippen LogP contribution < -0.4 is 10.6 Å². The van der Waals surface area contributed by atoms with Crippen molar-refractivity contribution in [2.24, 2.45) is 0 Å². The number of urea groups is 1. The highest BCUT2D eigenvalue weighted by atomic mass is 16.3. The van der Waals surface area contributed by atoms with Gasteiger partial charge in [0.15, 0.2) is 0 Å². The third-order valence-corrected chi connectivity index (χ3v) is 5.20. The maximum Gasteiger partial charge on any atom is 0.317 e. The molecule has 1 aliphatic heterocycles. The molecule has 6 nitrogen and oxygen atoms in total. The molecule has 3 N–H and O–H groups in total. The molecule has 0 unspecified atom stereocenters. The highest BCUT2D eigenvalue weighted by Crippen LogP contribution is 2.19. The topological polar surface area (TPSA) is 81.7 Å². The van der Waals surface area contributed by atoms with Crippen molar-refractivity contribution in [1.82, 2.24) is 15.5 Å². The van der Waals surface area contributed by atoms with Crippen LogP contribution >= 0.6 is 0 Å². The summed E-state index contributed by atoms with van der Waals surface area (Å²) in [6.07, 6.45) is 7.30. The molecule has 0 radical (unpaired) electrons. The number of piperidine rings is 1. The second-order valence-electron chi connectivity index (χ2n) is 7.04. The summed E-state index contributed by atoms with van der Waals surface area (Å²) in [6, 6.07) is 6.91. The van der Waals surface area contributed by atoms with Crippen LogP contribution in [0.5, 0.6) is 5.75 Å². The molecule has 6 heteroatoms. The van der Waals surface area contributed by atoms with E-state index in [4.69, 9.17) is 0 Å². The number of carbonyl (C=O) groups is 2. The maximum absolute atomic E-state index is 12.4. The van der Waals surface area contributed by atoms with Crippen LogP contribution in [0.1, 0.15) is 55.3 Å². The smallest absolute Gasteiger partial charge is 0.317 e. The monoisotopic (exact) mass is 345 g/mol. The summed E-state index contributed by atoms with van der Waals surface area (Å²) in [5, 5.41) is 15.9. The number of hydrogen-bond acceptors (Lipinski definition) is 3. The number of hydrogen-bond donors (Lipinski definition) is 3. The molecule has 0 aromatic heterocycles. The van der Waals surface area contributed by atoms with Gasteiger partial charge in [0.2, 0.25) is 0 Å². The van der Waals surface area contributed by atoms with E-state index < -0.39 is 0 Å². The summed E-state index contributed by atoms with van der Waals surface area (Å²) in [6.45, 7) is 1.29. The molecule has 3 amide bonds. The first-order valence-corrected chi connectivity index (χ1v) is 9.28. The highest BCUT2D eigenvalue weighted by molar-refractivity contribution is 5.96. The fraction of sp³-hybridized carbons (Fsp3) is 0.579. The van der Waals surface area contributed by atoms with Gasteiger partial charge in [0.1, 0.15) is 5.75 Å². The van der Waals surface area contributed by atoms with E-state index in [1.807, 2.05) is 4.90 Å². The van der Waals surface area contributed by atoms with E-state index in [1.165, 1.54) is 25.3 Å². The van der Waals surface area contributed by atoms with Gasteiger partial charge in [-0.05, 0) is 37.8 Å². The Morgan fingerprint density at radius 2 is 1.56 bits per heavy atom. The van der Waals surface area contributed by atoms with E-state index in [1.54, 1.807) is 18.2 Å². The van der Waals surface area contributed by atoms with Gasteiger partial charge < -0.3 is 20.6 Å². The largest absolute Gasteiger partial charge is 0.507 e. The molecule has 1 aromatic carbocycles. The SMILES string of the molecule is O=C(NC1CCN(C(=O)NC2CCCCC2)CC1)c1ccccc1O. The molecule has 2 aliphatic rings. The number of nitrogens with zero attached hydrogens (tertiary/aromatic N) is 1. The Hall–Kier alpha value is -2.24.